The molecule has 17 heavy (non-hydrogen) atoms. The van der Waals surface area contributed by atoms with Gasteiger partial charge in [-0.2, -0.15) is 5.10 Å². The lowest BCUT2D eigenvalue weighted by Gasteiger charge is -2.42. The quantitative estimate of drug-likeness (QED) is 0.845. The Morgan fingerprint density at radius 2 is 2.12 bits per heavy atom. The fourth-order valence-electron chi connectivity index (χ4n) is 2.56. The Bertz CT molecular complexity index is 396. The fraction of sp³-hybridized carbons (Fsp3) is 0.769. The molecule has 1 saturated carbocycles. The molecule has 1 aliphatic rings. The summed E-state index contributed by atoms with van der Waals surface area (Å²) >= 11 is 0. The van der Waals surface area contributed by atoms with Gasteiger partial charge in [0.1, 0.15) is 5.82 Å². The minimum absolute atomic E-state index is 0.260. The molecule has 1 aromatic rings. The molecule has 0 unspecified atom stereocenters. The predicted molar refractivity (Wildman–Crippen MR) is 72.2 cm³/mol. The van der Waals surface area contributed by atoms with E-state index in [0.29, 0.717) is 5.92 Å². The first kappa shape index (κ1) is 12.3. The molecule has 0 bridgehead atoms. The number of rotatable bonds is 4. The largest absolute Gasteiger partial charge is 0.394 e. The van der Waals surface area contributed by atoms with Crippen LogP contribution in [-0.4, -0.2) is 15.3 Å². The van der Waals surface area contributed by atoms with E-state index >= 15 is 0 Å². The molecule has 1 fully saturated rings. The normalized spacial score (nSPS) is 18.2. The lowest BCUT2D eigenvalue weighted by molar-refractivity contribution is 0.268. The number of nitrogens with zero attached hydrogens (tertiary/aromatic N) is 2. The second kappa shape index (κ2) is 4.24. The van der Waals surface area contributed by atoms with E-state index in [2.05, 4.69) is 31.2 Å². The highest BCUT2D eigenvalue weighted by molar-refractivity contribution is 5.66. The Hall–Kier alpha value is -1.19. The van der Waals surface area contributed by atoms with Gasteiger partial charge in [-0.3, -0.25) is 4.68 Å². The molecule has 1 aromatic heterocycles. The van der Waals surface area contributed by atoms with Gasteiger partial charge in [0.25, 0.3) is 0 Å². The van der Waals surface area contributed by atoms with Crippen LogP contribution in [0.1, 0.15) is 58.1 Å². The van der Waals surface area contributed by atoms with Crippen LogP contribution in [0.2, 0.25) is 0 Å². The van der Waals surface area contributed by atoms with Crippen molar-refractivity contribution in [3.63, 3.8) is 0 Å². The van der Waals surface area contributed by atoms with Crippen molar-refractivity contribution in [2.75, 3.05) is 11.1 Å². The third-order valence-electron chi connectivity index (χ3n) is 4.03. The summed E-state index contributed by atoms with van der Waals surface area (Å²) in [5.41, 5.74) is 8.28. The van der Waals surface area contributed by atoms with E-state index in [0.717, 1.165) is 23.6 Å². The Morgan fingerprint density at radius 1 is 1.47 bits per heavy atom. The summed E-state index contributed by atoms with van der Waals surface area (Å²) in [6, 6.07) is 0. The Balaban J connectivity index is 2.26. The number of aromatic nitrogens is 2. The van der Waals surface area contributed by atoms with E-state index in [1.54, 1.807) is 0 Å². The number of hydrogen-bond acceptors (Lipinski definition) is 3. The predicted octanol–water partition coefficient (Wildman–Crippen LogP) is 2.87. The van der Waals surface area contributed by atoms with Crippen molar-refractivity contribution < 1.29 is 0 Å². The second-order valence-electron chi connectivity index (χ2n) is 5.54. The molecule has 0 aromatic carbocycles. The molecule has 3 N–H and O–H groups in total. The number of anilines is 2. The Morgan fingerprint density at radius 3 is 2.47 bits per heavy atom. The van der Waals surface area contributed by atoms with Crippen molar-refractivity contribution in [3.05, 3.63) is 5.69 Å². The summed E-state index contributed by atoms with van der Waals surface area (Å²) in [6.07, 6.45) is 4.94. The molecule has 4 heteroatoms. The number of aryl methyl sites for hydroxylation is 1. The van der Waals surface area contributed by atoms with Gasteiger partial charge in [0.15, 0.2) is 0 Å². The van der Waals surface area contributed by atoms with Gasteiger partial charge in [0.2, 0.25) is 0 Å². The summed E-state index contributed by atoms with van der Waals surface area (Å²) in [4.78, 5) is 0. The van der Waals surface area contributed by atoms with Crippen molar-refractivity contribution in [2.45, 2.75) is 57.9 Å². The molecule has 2 rings (SSSR count). The van der Waals surface area contributed by atoms with Gasteiger partial charge in [0, 0.05) is 12.6 Å². The van der Waals surface area contributed by atoms with Crippen LogP contribution in [0.4, 0.5) is 11.5 Å². The first-order valence-corrected chi connectivity index (χ1v) is 6.59. The maximum absolute atomic E-state index is 6.20. The molecule has 1 heterocycles. The fourth-order valence-corrected chi connectivity index (χ4v) is 2.56. The molecule has 0 atom stereocenters. The molecule has 1 aliphatic carbocycles. The molecule has 0 amide bonds. The van der Waals surface area contributed by atoms with Crippen molar-refractivity contribution >= 4 is 11.5 Å². The minimum atomic E-state index is 0.260. The highest BCUT2D eigenvalue weighted by Crippen LogP contribution is 2.40. The average molecular weight is 236 g/mol. The first-order chi connectivity index (χ1) is 7.99. The summed E-state index contributed by atoms with van der Waals surface area (Å²) in [5, 5.41) is 8.14. The zero-order valence-corrected chi connectivity index (χ0v) is 11.4. The maximum Gasteiger partial charge on any atom is 0.148 e. The van der Waals surface area contributed by atoms with Gasteiger partial charge in [0.05, 0.1) is 11.4 Å². The van der Waals surface area contributed by atoms with E-state index in [9.17, 15) is 0 Å². The van der Waals surface area contributed by atoms with Crippen LogP contribution in [0.5, 0.6) is 0 Å². The summed E-state index contributed by atoms with van der Waals surface area (Å²) in [5.74, 6) is 1.37. The molecular weight excluding hydrogens is 212 g/mol. The van der Waals surface area contributed by atoms with Crippen LogP contribution in [0, 0.1) is 0 Å². The zero-order valence-electron chi connectivity index (χ0n) is 11.4. The van der Waals surface area contributed by atoms with E-state index in [1.807, 2.05) is 11.7 Å². The third-order valence-corrected chi connectivity index (χ3v) is 4.03. The Kier molecular flexibility index (Phi) is 3.06. The number of hydrogen-bond donors (Lipinski definition) is 2. The van der Waals surface area contributed by atoms with Crippen LogP contribution in [0.15, 0.2) is 0 Å². The highest BCUT2D eigenvalue weighted by Gasteiger charge is 2.36. The monoisotopic (exact) mass is 236 g/mol. The van der Waals surface area contributed by atoms with Crippen LogP contribution < -0.4 is 11.1 Å². The average Bonchev–Trinajstić information content (AvgIpc) is 2.50. The molecule has 96 valence electrons. The SMILES string of the molecule is CCC1(Nc2c(N)c(C(C)C)nn2C)CCC1. The van der Waals surface area contributed by atoms with E-state index in [-0.39, 0.29) is 5.54 Å². The van der Waals surface area contributed by atoms with Gasteiger partial charge in [-0.15, -0.1) is 0 Å². The highest BCUT2D eigenvalue weighted by atomic mass is 15.3. The lowest BCUT2D eigenvalue weighted by atomic mass is 9.75. The maximum atomic E-state index is 6.20. The van der Waals surface area contributed by atoms with Gasteiger partial charge in [-0.05, 0) is 31.6 Å². The number of nitrogen functional groups attached to an aromatic ring is 1. The van der Waals surface area contributed by atoms with Crippen LogP contribution >= 0.6 is 0 Å². The van der Waals surface area contributed by atoms with Crippen molar-refractivity contribution in [3.8, 4) is 0 Å². The van der Waals surface area contributed by atoms with Crippen molar-refractivity contribution in [2.24, 2.45) is 7.05 Å². The topological polar surface area (TPSA) is 55.9 Å². The van der Waals surface area contributed by atoms with Gasteiger partial charge in [-0.25, -0.2) is 0 Å². The van der Waals surface area contributed by atoms with E-state index in [1.165, 1.54) is 19.3 Å². The van der Waals surface area contributed by atoms with Gasteiger partial charge < -0.3 is 11.1 Å². The number of nitrogens with two attached hydrogens (primary N) is 1. The Labute approximate surface area is 104 Å². The third kappa shape index (κ3) is 2.01. The summed E-state index contributed by atoms with van der Waals surface area (Å²) in [7, 11) is 1.96. The zero-order chi connectivity index (χ0) is 12.6. The van der Waals surface area contributed by atoms with Gasteiger partial charge >= 0.3 is 0 Å². The molecule has 0 aliphatic heterocycles. The number of nitrogens with one attached hydrogen (secondary N) is 1. The van der Waals surface area contributed by atoms with Gasteiger partial charge in [-0.1, -0.05) is 20.8 Å². The molecule has 0 saturated heterocycles. The van der Waals surface area contributed by atoms with E-state index in [4.69, 9.17) is 5.73 Å². The van der Waals surface area contributed by atoms with Crippen LogP contribution in [-0.2, 0) is 7.05 Å². The molecule has 4 nitrogen and oxygen atoms in total. The first-order valence-electron chi connectivity index (χ1n) is 6.59. The molecule has 0 spiro atoms. The van der Waals surface area contributed by atoms with Crippen molar-refractivity contribution in [1.29, 1.82) is 0 Å². The minimum Gasteiger partial charge on any atom is -0.394 e. The molecule has 0 radical (unpaired) electrons. The summed E-state index contributed by atoms with van der Waals surface area (Å²) in [6.45, 7) is 6.49. The van der Waals surface area contributed by atoms with Crippen molar-refractivity contribution in [1.82, 2.24) is 9.78 Å². The smallest absolute Gasteiger partial charge is 0.148 e. The standard InChI is InChI=1S/C13H24N4/c1-5-13(7-6-8-13)15-12-10(14)11(9(2)3)16-17(12)4/h9,15H,5-8,14H2,1-4H3. The second-order valence-corrected chi connectivity index (χ2v) is 5.54. The molecular formula is C13H24N4. The van der Waals surface area contributed by atoms with Crippen LogP contribution in [0.3, 0.4) is 0 Å². The van der Waals surface area contributed by atoms with E-state index < -0.39 is 0 Å². The lowest BCUT2D eigenvalue weighted by Crippen LogP contribution is -2.44. The van der Waals surface area contributed by atoms with Crippen LogP contribution in [0.25, 0.3) is 0 Å². The summed E-state index contributed by atoms with van der Waals surface area (Å²) < 4.78 is 1.89.